The van der Waals surface area contributed by atoms with Crippen molar-refractivity contribution in [3.8, 4) is 0 Å². The van der Waals surface area contributed by atoms with E-state index in [2.05, 4.69) is 4.90 Å². The largest absolute Gasteiger partial charge is 0.416 e. The molecule has 138 valence electrons. The molecule has 1 aromatic rings. The standard InChI is InChI=1S/C18H23F3N2O2/c1-22-8-6-12(7-9-22)17(25)23-11-13(24)10-16(23)14-4-2-3-5-15(14)18(19,20)21/h2-5,12-13,16,24H,6-11H2,1H3/t13-,16+/m1/s1. The van der Waals surface area contributed by atoms with Crippen LogP contribution in [0.1, 0.15) is 36.4 Å². The topological polar surface area (TPSA) is 43.8 Å². The molecule has 2 heterocycles. The first-order chi connectivity index (χ1) is 11.8. The highest BCUT2D eigenvalue weighted by molar-refractivity contribution is 5.80. The Morgan fingerprint density at radius 3 is 2.48 bits per heavy atom. The predicted octanol–water partition coefficient (Wildman–Crippen LogP) is 2.68. The van der Waals surface area contributed by atoms with Gasteiger partial charge >= 0.3 is 6.18 Å². The van der Waals surface area contributed by atoms with E-state index in [-0.39, 0.29) is 30.4 Å². The van der Waals surface area contributed by atoms with Crippen LogP contribution < -0.4 is 0 Å². The average Bonchev–Trinajstić information content (AvgIpc) is 2.96. The van der Waals surface area contributed by atoms with E-state index in [1.165, 1.54) is 17.0 Å². The van der Waals surface area contributed by atoms with Crippen molar-refractivity contribution in [3.05, 3.63) is 35.4 Å². The predicted molar refractivity (Wildman–Crippen MR) is 86.7 cm³/mol. The Kier molecular flexibility index (Phi) is 5.06. The average molecular weight is 356 g/mol. The highest BCUT2D eigenvalue weighted by Gasteiger charge is 2.42. The smallest absolute Gasteiger partial charge is 0.391 e. The van der Waals surface area contributed by atoms with Crippen molar-refractivity contribution < 1.29 is 23.1 Å². The van der Waals surface area contributed by atoms with Crippen molar-refractivity contribution in [3.63, 3.8) is 0 Å². The lowest BCUT2D eigenvalue weighted by Gasteiger charge is -2.34. The molecule has 2 aliphatic rings. The number of carbonyl (C=O) groups is 1. The fourth-order valence-electron chi connectivity index (χ4n) is 3.89. The zero-order valence-electron chi connectivity index (χ0n) is 14.2. The lowest BCUT2D eigenvalue weighted by molar-refractivity contribution is -0.142. The number of piperidine rings is 1. The Hall–Kier alpha value is -1.60. The molecular formula is C18H23F3N2O2. The van der Waals surface area contributed by atoms with E-state index in [0.29, 0.717) is 12.8 Å². The molecule has 0 bridgehead atoms. The van der Waals surface area contributed by atoms with Gasteiger partial charge in [-0.05, 0) is 51.0 Å². The van der Waals surface area contributed by atoms with Gasteiger partial charge in [0.1, 0.15) is 0 Å². The summed E-state index contributed by atoms with van der Waals surface area (Å²) in [6, 6.07) is 4.63. The highest BCUT2D eigenvalue weighted by Crippen LogP contribution is 2.41. The van der Waals surface area contributed by atoms with Gasteiger partial charge in [-0.2, -0.15) is 13.2 Å². The number of aliphatic hydroxyl groups excluding tert-OH is 1. The normalized spacial score (nSPS) is 26.2. The maximum Gasteiger partial charge on any atom is 0.416 e. The zero-order valence-corrected chi connectivity index (χ0v) is 14.2. The third kappa shape index (κ3) is 3.82. The molecule has 0 spiro atoms. The lowest BCUT2D eigenvalue weighted by Crippen LogP contribution is -2.42. The molecule has 0 saturated carbocycles. The maximum atomic E-state index is 13.4. The lowest BCUT2D eigenvalue weighted by atomic mass is 9.93. The van der Waals surface area contributed by atoms with Gasteiger partial charge < -0.3 is 14.9 Å². The number of nitrogens with zero attached hydrogens (tertiary/aromatic N) is 2. The fraction of sp³-hybridized carbons (Fsp3) is 0.611. The van der Waals surface area contributed by atoms with Crippen LogP contribution in [0.5, 0.6) is 0 Å². The first kappa shape index (κ1) is 18.2. The Morgan fingerprint density at radius 1 is 1.20 bits per heavy atom. The summed E-state index contributed by atoms with van der Waals surface area (Å²) in [5, 5.41) is 10.0. The Bertz CT molecular complexity index is 627. The van der Waals surface area contributed by atoms with Crippen molar-refractivity contribution >= 4 is 5.91 Å². The van der Waals surface area contributed by atoms with E-state index in [4.69, 9.17) is 0 Å². The van der Waals surface area contributed by atoms with Gasteiger partial charge in [-0.15, -0.1) is 0 Å². The number of alkyl halides is 3. The van der Waals surface area contributed by atoms with Crippen molar-refractivity contribution in [2.24, 2.45) is 5.92 Å². The molecule has 1 N–H and O–H groups in total. The van der Waals surface area contributed by atoms with E-state index in [1.54, 1.807) is 6.07 Å². The molecular weight excluding hydrogens is 333 g/mol. The molecule has 1 amide bonds. The number of hydrogen-bond donors (Lipinski definition) is 1. The minimum atomic E-state index is -4.48. The van der Waals surface area contributed by atoms with E-state index in [9.17, 15) is 23.1 Å². The molecule has 2 fully saturated rings. The number of likely N-dealkylation sites (tertiary alicyclic amines) is 2. The second-order valence-corrected chi connectivity index (χ2v) is 7.06. The van der Waals surface area contributed by atoms with Crippen LogP contribution in [-0.4, -0.2) is 53.6 Å². The van der Waals surface area contributed by atoms with Gasteiger partial charge in [0.05, 0.1) is 17.7 Å². The summed E-state index contributed by atoms with van der Waals surface area (Å²) in [5.41, 5.74) is -0.650. The summed E-state index contributed by atoms with van der Waals surface area (Å²) < 4.78 is 40.1. The number of halogens is 3. The van der Waals surface area contributed by atoms with Crippen LogP contribution in [0, 0.1) is 5.92 Å². The molecule has 0 radical (unpaired) electrons. The van der Waals surface area contributed by atoms with Gasteiger partial charge in [0.2, 0.25) is 5.91 Å². The number of hydrogen-bond acceptors (Lipinski definition) is 3. The van der Waals surface area contributed by atoms with Crippen LogP contribution in [0.4, 0.5) is 13.2 Å². The number of aliphatic hydroxyl groups is 1. The van der Waals surface area contributed by atoms with E-state index < -0.39 is 23.9 Å². The summed E-state index contributed by atoms with van der Waals surface area (Å²) >= 11 is 0. The summed E-state index contributed by atoms with van der Waals surface area (Å²) in [6.45, 7) is 1.70. The SMILES string of the molecule is CN1CCC(C(=O)N2C[C@H](O)C[C@H]2c2ccccc2C(F)(F)F)CC1. The van der Waals surface area contributed by atoms with Crippen LogP contribution in [0.2, 0.25) is 0 Å². The second-order valence-electron chi connectivity index (χ2n) is 7.06. The molecule has 1 aromatic carbocycles. The molecule has 2 aliphatic heterocycles. The Balaban J connectivity index is 1.87. The van der Waals surface area contributed by atoms with Crippen molar-refractivity contribution in [2.45, 2.75) is 37.6 Å². The number of β-amino-alcohol motifs (C(OH)–C–C–N with tert-alkyl or cyclic N) is 1. The molecule has 0 aromatic heterocycles. The van der Waals surface area contributed by atoms with Gasteiger partial charge in [-0.1, -0.05) is 18.2 Å². The van der Waals surface area contributed by atoms with Gasteiger partial charge in [0.25, 0.3) is 0 Å². The fourth-order valence-corrected chi connectivity index (χ4v) is 3.89. The monoisotopic (exact) mass is 356 g/mol. The zero-order chi connectivity index (χ0) is 18.2. The van der Waals surface area contributed by atoms with Crippen LogP contribution in [0.15, 0.2) is 24.3 Å². The number of benzene rings is 1. The number of amides is 1. The van der Waals surface area contributed by atoms with E-state index >= 15 is 0 Å². The Morgan fingerprint density at radius 2 is 1.84 bits per heavy atom. The summed E-state index contributed by atoms with van der Waals surface area (Å²) in [5.74, 6) is -0.311. The van der Waals surface area contributed by atoms with Gasteiger partial charge in [-0.3, -0.25) is 4.79 Å². The maximum absolute atomic E-state index is 13.4. The Labute approximate surface area is 145 Å². The van der Waals surface area contributed by atoms with Gasteiger partial charge in [0, 0.05) is 12.5 Å². The highest BCUT2D eigenvalue weighted by atomic mass is 19.4. The molecule has 2 saturated heterocycles. The van der Waals surface area contributed by atoms with E-state index in [0.717, 1.165) is 19.2 Å². The first-order valence-electron chi connectivity index (χ1n) is 8.60. The van der Waals surface area contributed by atoms with E-state index in [1.807, 2.05) is 7.05 Å². The van der Waals surface area contributed by atoms with Gasteiger partial charge in [-0.25, -0.2) is 0 Å². The van der Waals surface area contributed by atoms with Crippen molar-refractivity contribution in [2.75, 3.05) is 26.7 Å². The molecule has 25 heavy (non-hydrogen) atoms. The molecule has 7 heteroatoms. The minimum absolute atomic E-state index is 0.0767. The third-order valence-corrected chi connectivity index (χ3v) is 5.26. The van der Waals surface area contributed by atoms with Crippen LogP contribution in [0.25, 0.3) is 0 Å². The number of carbonyl (C=O) groups excluding carboxylic acids is 1. The van der Waals surface area contributed by atoms with Crippen molar-refractivity contribution in [1.29, 1.82) is 0 Å². The molecule has 0 aliphatic carbocycles. The first-order valence-corrected chi connectivity index (χ1v) is 8.60. The van der Waals surface area contributed by atoms with Crippen LogP contribution in [-0.2, 0) is 11.0 Å². The molecule has 0 unspecified atom stereocenters. The quantitative estimate of drug-likeness (QED) is 0.886. The molecule has 2 atom stereocenters. The summed E-state index contributed by atoms with van der Waals surface area (Å²) in [4.78, 5) is 16.5. The van der Waals surface area contributed by atoms with Gasteiger partial charge in [0.15, 0.2) is 0 Å². The van der Waals surface area contributed by atoms with Crippen LogP contribution >= 0.6 is 0 Å². The third-order valence-electron chi connectivity index (χ3n) is 5.26. The number of rotatable bonds is 2. The van der Waals surface area contributed by atoms with Crippen LogP contribution in [0.3, 0.4) is 0 Å². The molecule has 4 nitrogen and oxygen atoms in total. The summed E-state index contributed by atoms with van der Waals surface area (Å²) in [7, 11) is 1.99. The van der Waals surface area contributed by atoms with Crippen molar-refractivity contribution in [1.82, 2.24) is 9.80 Å². The second kappa shape index (κ2) is 6.96. The molecule has 3 rings (SSSR count). The minimum Gasteiger partial charge on any atom is -0.391 e. The summed E-state index contributed by atoms with van der Waals surface area (Å²) in [6.07, 6.45) is -3.72.